The topological polar surface area (TPSA) is 101 Å². The summed E-state index contributed by atoms with van der Waals surface area (Å²) in [7, 11) is 1.48. The van der Waals surface area contributed by atoms with Gasteiger partial charge in [0.2, 0.25) is 0 Å². The van der Waals surface area contributed by atoms with Crippen molar-refractivity contribution in [2.75, 3.05) is 13.7 Å². The van der Waals surface area contributed by atoms with Crippen molar-refractivity contribution in [1.29, 1.82) is 0 Å². The molecular formula is C27H24N4O4. The number of aromatic nitrogens is 2. The minimum Gasteiger partial charge on any atom is -0.399 e. The number of carbonyl (C=O) groups is 1. The SMILES string of the molecule is CO/N=C1\CC(c2noc(-c3ccc(CO)cc3)n2)N(C(=O)c2ccc(-c3ccccc3)cc2)C1. The van der Waals surface area contributed by atoms with Gasteiger partial charge < -0.3 is 19.4 Å². The minimum atomic E-state index is -0.431. The number of nitrogens with zero attached hydrogens (tertiary/aromatic N) is 4. The van der Waals surface area contributed by atoms with Crippen LogP contribution in [-0.2, 0) is 11.4 Å². The summed E-state index contributed by atoms with van der Waals surface area (Å²) in [6, 6.07) is 24.4. The average Bonchev–Trinajstić information content (AvgIpc) is 3.57. The van der Waals surface area contributed by atoms with Crippen molar-refractivity contribution in [3.63, 3.8) is 0 Å². The van der Waals surface area contributed by atoms with E-state index < -0.39 is 6.04 Å². The lowest BCUT2D eigenvalue weighted by atomic mass is 10.0. The highest BCUT2D eigenvalue weighted by Gasteiger charge is 2.38. The molecule has 176 valence electrons. The number of oxime groups is 1. The molecule has 8 heteroatoms. The molecule has 1 fully saturated rings. The van der Waals surface area contributed by atoms with Crippen LogP contribution in [0, 0.1) is 0 Å². The van der Waals surface area contributed by atoms with Gasteiger partial charge in [-0.2, -0.15) is 4.98 Å². The Morgan fingerprint density at radius 3 is 2.40 bits per heavy atom. The van der Waals surface area contributed by atoms with Crippen molar-refractivity contribution in [1.82, 2.24) is 15.0 Å². The number of carbonyl (C=O) groups excluding carboxylic acids is 1. The summed E-state index contributed by atoms with van der Waals surface area (Å²) in [5.41, 5.74) is 4.95. The second-order valence-corrected chi connectivity index (χ2v) is 8.25. The monoisotopic (exact) mass is 468 g/mol. The van der Waals surface area contributed by atoms with Gasteiger partial charge in [-0.25, -0.2) is 0 Å². The molecule has 5 rings (SSSR count). The van der Waals surface area contributed by atoms with Gasteiger partial charge in [0.1, 0.15) is 13.2 Å². The number of benzene rings is 3. The van der Waals surface area contributed by atoms with Gasteiger partial charge in [0, 0.05) is 17.5 Å². The first-order chi connectivity index (χ1) is 17.2. The first-order valence-corrected chi connectivity index (χ1v) is 11.3. The van der Waals surface area contributed by atoms with Gasteiger partial charge in [-0.1, -0.05) is 64.9 Å². The molecule has 3 aromatic carbocycles. The molecule has 0 spiro atoms. The Morgan fingerprint density at radius 1 is 1.03 bits per heavy atom. The number of aliphatic hydroxyl groups is 1. The molecule has 2 heterocycles. The van der Waals surface area contributed by atoms with Crippen LogP contribution in [0.2, 0.25) is 0 Å². The largest absolute Gasteiger partial charge is 0.399 e. The van der Waals surface area contributed by atoms with Gasteiger partial charge in [-0.3, -0.25) is 4.79 Å². The molecule has 1 aromatic heterocycles. The van der Waals surface area contributed by atoms with Gasteiger partial charge in [-0.15, -0.1) is 0 Å². The van der Waals surface area contributed by atoms with Crippen LogP contribution in [0.15, 0.2) is 88.5 Å². The molecule has 1 unspecified atom stereocenters. The summed E-state index contributed by atoms with van der Waals surface area (Å²) < 4.78 is 5.50. The Hall–Kier alpha value is -4.30. The molecule has 1 amide bonds. The number of aliphatic hydroxyl groups excluding tert-OH is 1. The Bertz CT molecular complexity index is 1330. The van der Waals surface area contributed by atoms with Crippen LogP contribution in [0.4, 0.5) is 0 Å². The van der Waals surface area contributed by atoms with Crippen LogP contribution in [0.5, 0.6) is 0 Å². The fourth-order valence-electron chi connectivity index (χ4n) is 4.19. The summed E-state index contributed by atoms with van der Waals surface area (Å²) in [5, 5.41) is 17.5. The van der Waals surface area contributed by atoms with Gasteiger partial charge in [-0.05, 0) is 41.0 Å². The standard InChI is InChI=1S/C27H24N4O4/c1-34-29-23-15-24(25-28-26(35-30-25)21-9-7-18(17-32)8-10-21)31(16-23)27(33)22-13-11-20(12-14-22)19-5-3-2-4-6-19/h2-14,24,32H,15-17H2,1H3/b29-23+. The van der Waals surface area contributed by atoms with Gasteiger partial charge >= 0.3 is 0 Å². The second-order valence-electron chi connectivity index (χ2n) is 8.25. The van der Waals surface area contributed by atoms with Gasteiger partial charge in [0.25, 0.3) is 11.8 Å². The minimum absolute atomic E-state index is 0.0392. The van der Waals surface area contributed by atoms with E-state index in [0.717, 1.165) is 28.0 Å². The number of hydrogen-bond acceptors (Lipinski definition) is 7. The molecule has 0 saturated carbocycles. The normalized spacial score (nSPS) is 16.6. The molecule has 1 saturated heterocycles. The van der Waals surface area contributed by atoms with Crippen LogP contribution in [0.3, 0.4) is 0 Å². The summed E-state index contributed by atoms with van der Waals surface area (Å²) >= 11 is 0. The molecule has 1 aliphatic rings. The third-order valence-electron chi connectivity index (χ3n) is 6.00. The summed E-state index contributed by atoms with van der Waals surface area (Å²) in [6.07, 6.45) is 0.449. The van der Waals surface area contributed by atoms with E-state index in [4.69, 9.17) is 9.36 Å². The van der Waals surface area contributed by atoms with Crippen molar-refractivity contribution < 1.29 is 19.3 Å². The Kier molecular flexibility index (Phi) is 6.36. The van der Waals surface area contributed by atoms with E-state index in [-0.39, 0.29) is 12.5 Å². The van der Waals surface area contributed by atoms with Crippen molar-refractivity contribution in [2.45, 2.75) is 19.1 Å². The van der Waals surface area contributed by atoms with E-state index in [2.05, 4.69) is 15.3 Å². The van der Waals surface area contributed by atoms with Crippen molar-refractivity contribution in [3.05, 3.63) is 95.8 Å². The number of hydrogen-bond donors (Lipinski definition) is 1. The first kappa shape index (κ1) is 22.5. The zero-order chi connectivity index (χ0) is 24.2. The maximum atomic E-state index is 13.5. The highest BCUT2D eigenvalue weighted by atomic mass is 16.6. The summed E-state index contributed by atoms with van der Waals surface area (Å²) in [6.45, 7) is 0.273. The van der Waals surface area contributed by atoms with Crippen molar-refractivity contribution in [3.8, 4) is 22.6 Å². The van der Waals surface area contributed by atoms with E-state index >= 15 is 0 Å². The van der Waals surface area contributed by atoms with E-state index in [9.17, 15) is 9.90 Å². The van der Waals surface area contributed by atoms with E-state index in [1.54, 1.807) is 17.0 Å². The molecule has 1 atom stereocenters. The molecule has 1 N–H and O–H groups in total. The van der Waals surface area contributed by atoms with E-state index in [1.165, 1.54) is 7.11 Å². The predicted octanol–water partition coefficient (Wildman–Crippen LogP) is 4.49. The molecule has 0 radical (unpaired) electrons. The quantitative estimate of drug-likeness (QED) is 0.419. The molecule has 1 aliphatic heterocycles. The number of amides is 1. The highest BCUT2D eigenvalue weighted by Crippen LogP contribution is 2.32. The van der Waals surface area contributed by atoms with Gasteiger partial charge in [0.05, 0.1) is 18.9 Å². The molecule has 0 aliphatic carbocycles. The molecule has 8 nitrogen and oxygen atoms in total. The zero-order valence-electron chi connectivity index (χ0n) is 19.2. The second kappa shape index (κ2) is 9.90. The van der Waals surface area contributed by atoms with Crippen LogP contribution < -0.4 is 0 Å². The summed E-state index contributed by atoms with van der Waals surface area (Å²) in [4.78, 5) is 24.7. The molecule has 4 aromatic rings. The van der Waals surface area contributed by atoms with E-state index in [0.29, 0.717) is 30.2 Å². The number of likely N-dealkylation sites (tertiary alicyclic amines) is 1. The smallest absolute Gasteiger partial charge is 0.257 e. The maximum Gasteiger partial charge on any atom is 0.257 e. The Morgan fingerprint density at radius 2 is 1.71 bits per heavy atom. The average molecular weight is 469 g/mol. The van der Waals surface area contributed by atoms with Crippen LogP contribution in [-0.4, -0.2) is 45.4 Å². The third-order valence-corrected chi connectivity index (χ3v) is 6.00. The molecule has 0 bridgehead atoms. The molecular weight excluding hydrogens is 444 g/mol. The lowest BCUT2D eigenvalue weighted by Crippen LogP contribution is -2.31. The van der Waals surface area contributed by atoms with Crippen molar-refractivity contribution in [2.24, 2.45) is 5.16 Å². The predicted molar refractivity (Wildman–Crippen MR) is 130 cm³/mol. The maximum absolute atomic E-state index is 13.5. The third kappa shape index (κ3) is 4.69. The number of rotatable bonds is 6. The van der Waals surface area contributed by atoms with E-state index in [1.807, 2.05) is 66.7 Å². The molecule has 35 heavy (non-hydrogen) atoms. The first-order valence-electron chi connectivity index (χ1n) is 11.3. The fraction of sp³-hybridized carbons (Fsp3) is 0.185. The van der Waals surface area contributed by atoms with Crippen LogP contribution in [0.1, 0.15) is 34.2 Å². The highest BCUT2D eigenvalue weighted by molar-refractivity contribution is 6.00. The van der Waals surface area contributed by atoms with Crippen LogP contribution >= 0.6 is 0 Å². The van der Waals surface area contributed by atoms with Crippen LogP contribution in [0.25, 0.3) is 22.6 Å². The Labute approximate surface area is 202 Å². The fourth-order valence-corrected chi connectivity index (χ4v) is 4.19. The summed E-state index contributed by atoms with van der Waals surface area (Å²) in [5.74, 6) is 0.609. The lowest BCUT2D eigenvalue weighted by Gasteiger charge is -2.21. The Balaban J connectivity index is 1.40. The van der Waals surface area contributed by atoms with Gasteiger partial charge in [0.15, 0.2) is 5.82 Å². The van der Waals surface area contributed by atoms with Crippen molar-refractivity contribution >= 4 is 11.6 Å². The lowest BCUT2D eigenvalue weighted by molar-refractivity contribution is 0.0732. The zero-order valence-corrected chi connectivity index (χ0v) is 19.2.